The molecule has 1 aromatic carbocycles. The Morgan fingerprint density at radius 2 is 1.70 bits per heavy atom. The molecule has 1 saturated heterocycles. The fourth-order valence-electron chi connectivity index (χ4n) is 2.73. The Hall–Kier alpha value is -1.82. The molecule has 0 saturated carbocycles. The topological polar surface area (TPSA) is 44.1 Å². The van der Waals surface area contributed by atoms with Crippen LogP contribution >= 0.6 is 0 Å². The van der Waals surface area contributed by atoms with Gasteiger partial charge in [-0.15, -0.1) is 0 Å². The highest BCUT2D eigenvalue weighted by molar-refractivity contribution is 5.81. The van der Waals surface area contributed by atoms with Crippen LogP contribution in [0.2, 0.25) is 0 Å². The summed E-state index contributed by atoms with van der Waals surface area (Å²) in [5, 5.41) is 9.32. The third-order valence-corrected chi connectivity index (χ3v) is 3.90. The molecule has 106 valence electrons. The van der Waals surface area contributed by atoms with Gasteiger partial charge in [-0.3, -0.25) is 4.79 Å². The predicted octanol–water partition coefficient (Wildman–Crippen LogP) is 3.16. The second-order valence-electron chi connectivity index (χ2n) is 5.46. The second-order valence-corrected chi connectivity index (χ2v) is 5.46. The van der Waals surface area contributed by atoms with Gasteiger partial charge in [0.05, 0.1) is 6.07 Å². The van der Waals surface area contributed by atoms with Crippen LogP contribution < -0.4 is 0 Å². The van der Waals surface area contributed by atoms with Crippen LogP contribution in [0.4, 0.5) is 0 Å². The molecular formula is C17H22N2O. The third kappa shape index (κ3) is 4.09. The lowest BCUT2D eigenvalue weighted by molar-refractivity contribution is -0.134. The van der Waals surface area contributed by atoms with Crippen molar-refractivity contribution in [2.24, 2.45) is 5.92 Å². The van der Waals surface area contributed by atoms with E-state index >= 15 is 0 Å². The van der Waals surface area contributed by atoms with Gasteiger partial charge >= 0.3 is 0 Å². The molecular weight excluding hydrogens is 248 g/mol. The monoisotopic (exact) mass is 270 g/mol. The lowest BCUT2D eigenvalue weighted by Gasteiger charge is -2.26. The molecule has 1 fully saturated rings. The normalized spacial score (nSPS) is 17.6. The summed E-state index contributed by atoms with van der Waals surface area (Å²) in [6.07, 6.45) is 6.31. The smallest absolute Gasteiger partial charge is 0.240 e. The Morgan fingerprint density at radius 1 is 1.10 bits per heavy atom. The maximum atomic E-state index is 12.5. The molecule has 0 spiro atoms. The van der Waals surface area contributed by atoms with Gasteiger partial charge in [0.15, 0.2) is 0 Å². The van der Waals surface area contributed by atoms with Crippen LogP contribution in [0.25, 0.3) is 0 Å². The summed E-state index contributed by atoms with van der Waals surface area (Å²) in [6.45, 7) is 1.62. The van der Waals surface area contributed by atoms with Gasteiger partial charge in [0.2, 0.25) is 5.91 Å². The van der Waals surface area contributed by atoms with Crippen molar-refractivity contribution in [3.05, 3.63) is 35.9 Å². The van der Waals surface area contributed by atoms with Crippen LogP contribution in [0.5, 0.6) is 0 Å². The molecule has 20 heavy (non-hydrogen) atoms. The van der Waals surface area contributed by atoms with E-state index in [0.717, 1.165) is 31.5 Å². The molecule has 1 unspecified atom stereocenters. The van der Waals surface area contributed by atoms with E-state index in [1.54, 1.807) is 0 Å². The fraction of sp³-hybridized carbons (Fsp3) is 0.529. The van der Waals surface area contributed by atoms with Crippen molar-refractivity contribution in [3.8, 4) is 6.07 Å². The van der Waals surface area contributed by atoms with Crippen LogP contribution in [0.15, 0.2) is 30.3 Å². The highest BCUT2D eigenvalue weighted by atomic mass is 16.2. The van der Waals surface area contributed by atoms with Gasteiger partial charge in [0, 0.05) is 13.1 Å². The number of carbonyl (C=O) groups excluding carboxylic acids is 1. The molecule has 1 amide bonds. The molecule has 3 nitrogen and oxygen atoms in total. The van der Waals surface area contributed by atoms with Crippen molar-refractivity contribution < 1.29 is 4.79 Å². The molecule has 0 N–H and O–H groups in total. The highest BCUT2D eigenvalue weighted by Crippen LogP contribution is 2.15. The van der Waals surface area contributed by atoms with Gasteiger partial charge in [0.25, 0.3) is 0 Å². The quantitative estimate of drug-likeness (QED) is 0.846. The van der Waals surface area contributed by atoms with E-state index in [9.17, 15) is 10.1 Å². The zero-order valence-electron chi connectivity index (χ0n) is 11.9. The number of nitriles is 1. The molecule has 1 atom stereocenters. The zero-order chi connectivity index (χ0) is 14.2. The summed E-state index contributed by atoms with van der Waals surface area (Å²) < 4.78 is 0. The Kier molecular flexibility index (Phi) is 5.61. The second kappa shape index (κ2) is 7.69. The molecule has 3 heteroatoms. The van der Waals surface area contributed by atoms with Crippen LogP contribution in [0.1, 0.15) is 37.7 Å². The van der Waals surface area contributed by atoms with Crippen molar-refractivity contribution in [1.29, 1.82) is 5.26 Å². The summed E-state index contributed by atoms with van der Waals surface area (Å²) in [6, 6.07) is 12.0. The number of hydrogen-bond acceptors (Lipinski definition) is 2. The number of hydrogen-bond donors (Lipinski definition) is 0. The van der Waals surface area contributed by atoms with E-state index in [2.05, 4.69) is 6.07 Å². The van der Waals surface area contributed by atoms with Crippen LogP contribution in [0, 0.1) is 17.2 Å². The lowest BCUT2D eigenvalue weighted by atomic mass is 9.98. The molecule has 1 aliphatic heterocycles. The van der Waals surface area contributed by atoms with Crippen molar-refractivity contribution >= 4 is 5.91 Å². The van der Waals surface area contributed by atoms with Gasteiger partial charge in [-0.05, 0) is 24.8 Å². The average molecular weight is 270 g/mol. The van der Waals surface area contributed by atoms with E-state index < -0.39 is 5.92 Å². The minimum atomic E-state index is -0.545. The first-order chi connectivity index (χ1) is 9.81. The largest absolute Gasteiger partial charge is 0.342 e. The van der Waals surface area contributed by atoms with Gasteiger partial charge in [-0.2, -0.15) is 5.26 Å². The van der Waals surface area contributed by atoms with E-state index in [4.69, 9.17) is 0 Å². The molecule has 0 bridgehead atoms. The maximum Gasteiger partial charge on any atom is 0.240 e. The lowest BCUT2D eigenvalue weighted by Crippen LogP contribution is -2.38. The maximum absolute atomic E-state index is 12.5. The molecule has 1 heterocycles. The van der Waals surface area contributed by atoms with E-state index in [-0.39, 0.29) is 5.91 Å². The van der Waals surface area contributed by atoms with E-state index in [1.807, 2.05) is 35.2 Å². The third-order valence-electron chi connectivity index (χ3n) is 3.90. The molecule has 0 aliphatic carbocycles. The standard InChI is InChI=1S/C17H22N2O/c18-14-16(13-15-9-5-4-6-10-15)17(20)19-11-7-2-1-3-8-12-19/h4-6,9-10,16H,1-3,7-8,11-13H2. The van der Waals surface area contributed by atoms with Gasteiger partial charge < -0.3 is 4.90 Å². The van der Waals surface area contributed by atoms with Crippen LogP contribution in [0.3, 0.4) is 0 Å². The summed E-state index contributed by atoms with van der Waals surface area (Å²) in [5.41, 5.74) is 1.06. The van der Waals surface area contributed by atoms with Crippen molar-refractivity contribution in [2.75, 3.05) is 13.1 Å². The molecule has 0 radical (unpaired) electrons. The number of rotatable bonds is 3. The average Bonchev–Trinajstić information content (AvgIpc) is 2.45. The van der Waals surface area contributed by atoms with Crippen molar-refractivity contribution in [1.82, 2.24) is 4.90 Å². The van der Waals surface area contributed by atoms with Crippen molar-refractivity contribution in [2.45, 2.75) is 38.5 Å². The molecule has 2 rings (SSSR count). The number of amides is 1. The van der Waals surface area contributed by atoms with E-state index in [0.29, 0.717) is 6.42 Å². The minimum Gasteiger partial charge on any atom is -0.342 e. The van der Waals surface area contributed by atoms with Gasteiger partial charge in [0.1, 0.15) is 5.92 Å². The number of benzene rings is 1. The molecule has 1 aliphatic rings. The first kappa shape index (κ1) is 14.6. The van der Waals surface area contributed by atoms with Crippen molar-refractivity contribution in [3.63, 3.8) is 0 Å². The summed E-state index contributed by atoms with van der Waals surface area (Å²) in [5.74, 6) is -0.532. The highest BCUT2D eigenvalue weighted by Gasteiger charge is 2.24. The Morgan fingerprint density at radius 3 is 2.30 bits per heavy atom. The predicted molar refractivity (Wildman–Crippen MR) is 78.9 cm³/mol. The van der Waals surface area contributed by atoms with Crippen LogP contribution in [-0.4, -0.2) is 23.9 Å². The summed E-state index contributed by atoms with van der Waals surface area (Å²) >= 11 is 0. The Balaban J connectivity index is 1.99. The number of nitrogens with zero attached hydrogens (tertiary/aromatic N) is 2. The summed E-state index contributed by atoms with van der Waals surface area (Å²) in [7, 11) is 0. The SMILES string of the molecule is N#CC(Cc1ccccc1)C(=O)N1CCCCCCC1. The fourth-order valence-corrected chi connectivity index (χ4v) is 2.73. The summed E-state index contributed by atoms with van der Waals surface area (Å²) in [4.78, 5) is 14.4. The molecule has 0 aromatic heterocycles. The number of likely N-dealkylation sites (tertiary alicyclic amines) is 1. The Bertz CT molecular complexity index is 456. The van der Waals surface area contributed by atoms with E-state index in [1.165, 1.54) is 19.3 Å². The zero-order valence-corrected chi connectivity index (χ0v) is 11.9. The van der Waals surface area contributed by atoms with Gasteiger partial charge in [-0.25, -0.2) is 0 Å². The first-order valence-electron chi connectivity index (χ1n) is 7.53. The van der Waals surface area contributed by atoms with Crippen LogP contribution in [-0.2, 0) is 11.2 Å². The number of carbonyl (C=O) groups is 1. The Labute approximate surface area is 121 Å². The minimum absolute atomic E-state index is 0.0123. The van der Waals surface area contributed by atoms with Gasteiger partial charge in [-0.1, -0.05) is 49.6 Å². The first-order valence-corrected chi connectivity index (χ1v) is 7.53. The molecule has 1 aromatic rings.